The molecular formula is C24H31NO3. The van der Waals surface area contributed by atoms with Crippen molar-refractivity contribution in [3.63, 3.8) is 0 Å². The Hall–Kier alpha value is -2.23. The number of pyridine rings is 1. The van der Waals surface area contributed by atoms with Gasteiger partial charge in [-0.3, -0.25) is 14.6 Å². The molecule has 2 unspecified atom stereocenters. The number of rotatable bonds is 7. The summed E-state index contributed by atoms with van der Waals surface area (Å²) in [6.07, 6.45) is 15.9. The molecule has 0 spiro atoms. The fourth-order valence-corrected chi connectivity index (χ4v) is 4.58. The average Bonchev–Trinajstić information content (AvgIpc) is 2.72. The predicted octanol–water partition coefficient (Wildman–Crippen LogP) is 4.62. The van der Waals surface area contributed by atoms with Crippen molar-refractivity contribution >= 4 is 11.8 Å². The zero-order chi connectivity index (χ0) is 19.9. The lowest BCUT2D eigenvalue weighted by atomic mass is 9.71. The van der Waals surface area contributed by atoms with Crippen LogP contribution in [-0.2, 0) is 20.7 Å². The van der Waals surface area contributed by atoms with Gasteiger partial charge in [-0.15, -0.1) is 0 Å². The number of esters is 1. The number of carbonyl (C=O) groups is 2. The molecule has 4 nitrogen and oxygen atoms in total. The Bertz CT molecular complexity index is 744. The van der Waals surface area contributed by atoms with Crippen LogP contribution in [0, 0.1) is 30.6 Å². The van der Waals surface area contributed by atoms with Gasteiger partial charge in [0.25, 0.3) is 0 Å². The second-order valence-corrected chi connectivity index (χ2v) is 8.04. The Morgan fingerprint density at radius 1 is 1.21 bits per heavy atom. The van der Waals surface area contributed by atoms with Crippen LogP contribution in [0.1, 0.15) is 50.3 Å². The van der Waals surface area contributed by atoms with E-state index in [0.29, 0.717) is 24.9 Å². The van der Waals surface area contributed by atoms with Crippen molar-refractivity contribution in [3.8, 4) is 0 Å². The number of carbonyl (C=O) groups excluding carboxylic acids is 2. The zero-order valence-corrected chi connectivity index (χ0v) is 17.0. The van der Waals surface area contributed by atoms with Crippen LogP contribution in [0.2, 0.25) is 0 Å². The van der Waals surface area contributed by atoms with Crippen molar-refractivity contribution in [2.75, 3.05) is 6.61 Å². The second kappa shape index (κ2) is 9.81. The van der Waals surface area contributed by atoms with E-state index in [1.54, 1.807) is 13.1 Å². The van der Waals surface area contributed by atoms with Crippen molar-refractivity contribution in [2.24, 2.45) is 23.7 Å². The highest BCUT2D eigenvalue weighted by atomic mass is 16.5. The SMILES string of the molecule is CCOC(=O)C(Cc1ccnc(C)c1)C(=O)C1CCC(C2C=CC=CC2)CC1. The number of hydrogen-bond donors (Lipinski definition) is 0. The lowest BCUT2D eigenvalue weighted by molar-refractivity contribution is -0.153. The summed E-state index contributed by atoms with van der Waals surface area (Å²) in [5, 5.41) is 0. The number of aromatic nitrogens is 1. The predicted molar refractivity (Wildman–Crippen MR) is 110 cm³/mol. The van der Waals surface area contributed by atoms with Crippen LogP contribution in [0.4, 0.5) is 0 Å². The number of allylic oxidation sites excluding steroid dienone is 4. The third-order valence-corrected chi connectivity index (χ3v) is 6.11. The minimum Gasteiger partial charge on any atom is -0.465 e. The minimum atomic E-state index is -0.708. The molecule has 1 fully saturated rings. The van der Waals surface area contributed by atoms with Crippen LogP contribution < -0.4 is 0 Å². The molecule has 28 heavy (non-hydrogen) atoms. The van der Waals surface area contributed by atoms with Gasteiger partial charge in [0.2, 0.25) is 0 Å². The molecule has 1 aromatic rings. The maximum absolute atomic E-state index is 13.2. The summed E-state index contributed by atoms with van der Waals surface area (Å²) in [6.45, 7) is 4.00. The summed E-state index contributed by atoms with van der Waals surface area (Å²) in [4.78, 5) is 30.0. The Morgan fingerprint density at radius 2 is 2.00 bits per heavy atom. The van der Waals surface area contributed by atoms with Crippen LogP contribution in [0.3, 0.4) is 0 Å². The summed E-state index contributed by atoms with van der Waals surface area (Å²) in [6, 6.07) is 3.83. The first kappa shape index (κ1) is 20.5. The van der Waals surface area contributed by atoms with Gasteiger partial charge in [-0.05, 0) is 81.9 Å². The van der Waals surface area contributed by atoms with E-state index in [1.807, 2.05) is 19.1 Å². The monoisotopic (exact) mass is 381 g/mol. The van der Waals surface area contributed by atoms with Crippen LogP contribution in [0.15, 0.2) is 42.6 Å². The van der Waals surface area contributed by atoms with Crippen molar-refractivity contribution in [2.45, 2.75) is 52.4 Å². The first-order valence-corrected chi connectivity index (χ1v) is 10.5. The molecule has 2 aliphatic carbocycles. The van der Waals surface area contributed by atoms with Crippen LogP contribution in [0.25, 0.3) is 0 Å². The molecule has 2 atom stereocenters. The second-order valence-electron chi connectivity index (χ2n) is 8.04. The van der Waals surface area contributed by atoms with E-state index in [0.717, 1.165) is 43.4 Å². The number of aryl methyl sites for hydroxylation is 1. The van der Waals surface area contributed by atoms with Crippen LogP contribution in [0.5, 0.6) is 0 Å². The first-order chi connectivity index (χ1) is 13.6. The van der Waals surface area contributed by atoms with E-state index in [2.05, 4.69) is 29.3 Å². The number of nitrogens with zero attached hydrogens (tertiary/aromatic N) is 1. The van der Waals surface area contributed by atoms with Crippen molar-refractivity contribution in [1.29, 1.82) is 0 Å². The van der Waals surface area contributed by atoms with Gasteiger partial charge in [0.1, 0.15) is 5.92 Å². The Labute approximate surface area is 168 Å². The van der Waals surface area contributed by atoms with E-state index in [4.69, 9.17) is 4.74 Å². The van der Waals surface area contributed by atoms with Gasteiger partial charge < -0.3 is 4.74 Å². The molecule has 0 bridgehead atoms. The van der Waals surface area contributed by atoms with E-state index in [1.165, 1.54) is 0 Å². The highest BCUT2D eigenvalue weighted by Gasteiger charge is 2.36. The maximum Gasteiger partial charge on any atom is 0.316 e. The maximum atomic E-state index is 13.2. The average molecular weight is 382 g/mol. The smallest absolute Gasteiger partial charge is 0.316 e. The van der Waals surface area contributed by atoms with Crippen molar-refractivity contribution in [3.05, 3.63) is 53.9 Å². The quantitative estimate of drug-likeness (QED) is 0.511. The van der Waals surface area contributed by atoms with Crippen molar-refractivity contribution < 1.29 is 14.3 Å². The number of Topliss-reactive ketones (excluding diaryl/α,β-unsaturated/α-hetero) is 1. The zero-order valence-electron chi connectivity index (χ0n) is 17.0. The summed E-state index contributed by atoms with van der Waals surface area (Å²) < 4.78 is 5.24. The molecule has 0 amide bonds. The molecule has 1 saturated carbocycles. The summed E-state index contributed by atoms with van der Waals surface area (Å²) in [5.41, 5.74) is 1.86. The van der Waals surface area contributed by atoms with Crippen molar-refractivity contribution in [1.82, 2.24) is 4.98 Å². The molecular weight excluding hydrogens is 350 g/mol. The Kier molecular flexibility index (Phi) is 7.18. The number of hydrogen-bond acceptors (Lipinski definition) is 4. The molecule has 3 rings (SSSR count). The molecule has 0 radical (unpaired) electrons. The number of ether oxygens (including phenoxy) is 1. The lowest BCUT2D eigenvalue weighted by Crippen LogP contribution is -2.35. The van der Waals surface area contributed by atoms with E-state index >= 15 is 0 Å². The van der Waals surface area contributed by atoms with E-state index in [-0.39, 0.29) is 17.7 Å². The van der Waals surface area contributed by atoms with Gasteiger partial charge in [-0.2, -0.15) is 0 Å². The fourth-order valence-electron chi connectivity index (χ4n) is 4.58. The molecule has 0 aromatic carbocycles. The molecule has 150 valence electrons. The van der Waals surface area contributed by atoms with Crippen LogP contribution in [-0.4, -0.2) is 23.3 Å². The molecule has 0 aliphatic heterocycles. The van der Waals surface area contributed by atoms with Gasteiger partial charge in [0.15, 0.2) is 5.78 Å². The molecule has 4 heteroatoms. The third-order valence-electron chi connectivity index (χ3n) is 6.11. The van der Waals surface area contributed by atoms with Gasteiger partial charge in [0.05, 0.1) is 6.61 Å². The van der Waals surface area contributed by atoms with Gasteiger partial charge in [-0.25, -0.2) is 0 Å². The highest BCUT2D eigenvalue weighted by molar-refractivity contribution is 6.00. The van der Waals surface area contributed by atoms with Gasteiger partial charge in [-0.1, -0.05) is 24.3 Å². The standard InChI is InChI=1S/C24H31NO3/c1-3-28-24(27)22(16-18-13-14-25-17(2)15-18)23(26)21-11-9-20(10-12-21)19-7-5-4-6-8-19/h4-7,13-15,19-22H,3,8-12,16H2,1-2H3. The van der Waals surface area contributed by atoms with Crippen LogP contribution >= 0.6 is 0 Å². The Balaban J connectivity index is 1.64. The summed E-state index contributed by atoms with van der Waals surface area (Å²) in [5.74, 6) is 0.184. The fraction of sp³-hybridized carbons (Fsp3) is 0.542. The molecule has 1 aromatic heterocycles. The molecule has 1 heterocycles. The summed E-state index contributed by atoms with van der Waals surface area (Å²) in [7, 11) is 0. The topological polar surface area (TPSA) is 56.3 Å². The van der Waals surface area contributed by atoms with E-state index in [9.17, 15) is 9.59 Å². The largest absolute Gasteiger partial charge is 0.465 e. The first-order valence-electron chi connectivity index (χ1n) is 10.5. The molecule has 0 N–H and O–H groups in total. The Morgan fingerprint density at radius 3 is 2.64 bits per heavy atom. The molecule has 0 saturated heterocycles. The van der Waals surface area contributed by atoms with Gasteiger partial charge in [0, 0.05) is 17.8 Å². The summed E-state index contributed by atoms with van der Waals surface area (Å²) >= 11 is 0. The van der Waals surface area contributed by atoms with E-state index < -0.39 is 5.92 Å². The molecule has 2 aliphatic rings. The third kappa shape index (κ3) is 5.18. The van der Waals surface area contributed by atoms with Gasteiger partial charge >= 0.3 is 5.97 Å². The lowest BCUT2D eigenvalue weighted by Gasteiger charge is -2.33. The normalized spacial score (nSPS) is 25.3. The number of ketones is 1. The highest BCUT2D eigenvalue weighted by Crippen LogP contribution is 2.38. The minimum absolute atomic E-state index is 0.0308.